The number of nitrogens with zero attached hydrogens (tertiary/aromatic N) is 4. The Hall–Kier alpha value is -1.95. The van der Waals surface area contributed by atoms with E-state index >= 15 is 0 Å². The fraction of sp³-hybridized carbons (Fsp3) is 0.682. The molecule has 1 unspecified atom stereocenters. The summed E-state index contributed by atoms with van der Waals surface area (Å²) in [4.78, 5) is 26.9. The van der Waals surface area contributed by atoms with Gasteiger partial charge in [-0.15, -0.1) is 0 Å². The molecule has 1 spiro atoms. The van der Waals surface area contributed by atoms with Crippen molar-refractivity contribution in [2.75, 3.05) is 24.5 Å². The molecule has 0 bridgehead atoms. The number of urea groups is 1. The number of rotatable bonds is 5. The van der Waals surface area contributed by atoms with Crippen LogP contribution in [0.15, 0.2) is 29.5 Å². The summed E-state index contributed by atoms with van der Waals surface area (Å²) >= 11 is 0. The minimum absolute atomic E-state index is 0.0598. The van der Waals surface area contributed by atoms with Crippen molar-refractivity contribution in [1.82, 2.24) is 15.2 Å². The number of piperidine rings is 1. The van der Waals surface area contributed by atoms with Gasteiger partial charge in [0.2, 0.25) is 0 Å². The number of amides is 2. The standard InChI is InChI=1S/C22H33N5O/c1-17(2)10-14-26-13-6-11-22(16-26)20(24-18-7-3-4-8-18)25-21(28)27(22)19-9-5-12-23-15-19/h5,9,12,15,17-18H,3-4,6-8,10-11,13-14,16H2,1-2H3,(H,24,25,28). The van der Waals surface area contributed by atoms with Crippen LogP contribution in [0.25, 0.3) is 0 Å². The number of hydrogen-bond donors (Lipinski definition) is 1. The predicted octanol–water partition coefficient (Wildman–Crippen LogP) is 3.83. The summed E-state index contributed by atoms with van der Waals surface area (Å²) in [5, 5.41) is 3.16. The lowest BCUT2D eigenvalue weighted by Crippen LogP contribution is -2.60. The molecule has 3 heterocycles. The second-order valence-electron chi connectivity index (χ2n) is 8.99. The Kier molecular flexibility index (Phi) is 5.67. The van der Waals surface area contributed by atoms with E-state index in [2.05, 4.69) is 29.0 Å². The number of amidine groups is 1. The molecule has 1 saturated carbocycles. The average molecular weight is 384 g/mol. The lowest BCUT2D eigenvalue weighted by Gasteiger charge is -2.44. The Bertz CT molecular complexity index is 713. The van der Waals surface area contributed by atoms with Gasteiger partial charge in [0.25, 0.3) is 0 Å². The van der Waals surface area contributed by atoms with Crippen LogP contribution in [-0.4, -0.2) is 53.0 Å². The van der Waals surface area contributed by atoms with Crippen molar-refractivity contribution in [2.24, 2.45) is 10.9 Å². The van der Waals surface area contributed by atoms with Crippen LogP contribution in [0.3, 0.4) is 0 Å². The molecule has 2 saturated heterocycles. The third-order valence-electron chi connectivity index (χ3n) is 6.41. The van der Waals surface area contributed by atoms with E-state index in [0.29, 0.717) is 12.0 Å². The van der Waals surface area contributed by atoms with Crippen LogP contribution < -0.4 is 10.2 Å². The molecule has 2 aliphatic heterocycles. The molecule has 28 heavy (non-hydrogen) atoms. The first kappa shape index (κ1) is 19.4. The van der Waals surface area contributed by atoms with E-state index < -0.39 is 5.54 Å². The Morgan fingerprint density at radius 3 is 2.86 bits per heavy atom. The van der Waals surface area contributed by atoms with E-state index in [1.54, 1.807) is 12.4 Å². The van der Waals surface area contributed by atoms with E-state index in [9.17, 15) is 4.79 Å². The number of aliphatic imine (C=N–C) groups is 1. The molecule has 3 fully saturated rings. The van der Waals surface area contributed by atoms with Crippen LogP contribution in [0.1, 0.15) is 58.8 Å². The fourth-order valence-corrected chi connectivity index (χ4v) is 4.92. The van der Waals surface area contributed by atoms with Crippen molar-refractivity contribution in [1.29, 1.82) is 0 Å². The van der Waals surface area contributed by atoms with E-state index in [0.717, 1.165) is 56.8 Å². The van der Waals surface area contributed by atoms with Gasteiger partial charge in [0, 0.05) is 12.7 Å². The molecule has 1 aliphatic carbocycles. The van der Waals surface area contributed by atoms with Crippen LogP contribution in [0.4, 0.5) is 10.5 Å². The first-order valence-electron chi connectivity index (χ1n) is 10.9. The van der Waals surface area contributed by atoms with Gasteiger partial charge in [-0.2, -0.15) is 0 Å². The summed E-state index contributed by atoms with van der Waals surface area (Å²) in [6.45, 7) is 7.56. The monoisotopic (exact) mass is 383 g/mol. The third-order valence-corrected chi connectivity index (χ3v) is 6.41. The zero-order chi connectivity index (χ0) is 19.6. The molecule has 0 radical (unpaired) electrons. The molecule has 1 N–H and O–H groups in total. The number of pyridine rings is 1. The predicted molar refractivity (Wildman–Crippen MR) is 113 cm³/mol. The van der Waals surface area contributed by atoms with Gasteiger partial charge in [-0.3, -0.25) is 20.2 Å². The molecule has 1 aromatic heterocycles. The molecule has 1 aromatic rings. The molecule has 1 atom stereocenters. The van der Waals surface area contributed by atoms with E-state index in [4.69, 9.17) is 4.99 Å². The van der Waals surface area contributed by atoms with Crippen molar-refractivity contribution < 1.29 is 4.79 Å². The van der Waals surface area contributed by atoms with Crippen molar-refractivity contribution in [3.63, 3.8) is 0 Å². The van der Waals surface area contributed by atoms with E-state index in [1.165, 1.54) is 19.3 Å². The van der Waals surface area contributed by atoms with Gasteiger partial charge >= 0.3 is 6.03 Å². The number of nitrogens with one attached hydrogen (secondary N) is 1. The van der Waals surface area contributed by atoms with Crippen molar-refractivity contribution in [2.45, 2.75) is 70.4 Å². The minimum atomic E-state index is -0.391. The maximum Gasteiger partial charge on any atom is 0.328 e. The maximum absolute atomic E-state index is 13.1. The molecule has 2 amide bonds. The van der Waals surface area contributed by atoms with Gasteiger partial charge in [-0.25, -0.2) is 4.79 Å². The molecule has 6 heteroatoms. The highest BCUT2D eigenvalue weighted by Gasteiger charge is 2.53. The van der Waals surface area contributed by atoms with Gasteiger partial charge in [-0.05, 0) is 63.2 Å². The molecule has 3 aliphatic rings. The average Bonchev–Trinajstić information content (AvgIpc) is 3.28. The summed E-state index contributed by atoms with van der Waals surface area (Å²) in [5.74, 6) is 1.57. The molecule has 152 valence electrons. The number of likely N-dealkylation sites (tertiary alicyclic amines) is 1. The van der Waals surface area contributed by atoms with Crippen LogP contribution >= 0.6 is 0 Å². The fourth-order valence-electron chi connectivity index (χ4n) is 4.92. The van der Waals surface area contributed by atoms with Crippen molar-refractivity contribution in [3.8, 4) is 0 Å². The molecule has 0 aromatic carbocycles. The topological polar surface area (TPSA) is 60.8 Å². The SMILES string of the molecule is CC(C)CCN1CCCC2(C1)C(=NC1CCCC1)NC(=O)N2c1cccnc1. The summed E-state index contributed by atoms with van der Waals surface area (Å²) in [6.07, 6.45) is 11.5. The van der Waals surface area contributed by atoms with E-state index in [-0.39, 0.29) is 6.03 Å². The first-order chi connectivity index (χ1) is 13.6. The van der Waals surface area contributed by atoms with E-state index in [1.807, 2.05) is 17.0 Å². The zero-order valence-corrected chi connectivity index (χ0v) is 17.2. The van der Waals surface area contributed by atoms with Crippen molar-refractivity contribution in [3.05, 3.63) is 24.5 Å². The number of aromatic nitrogens is 1. The highest BCUT2D eigenvalue weighted by Crippen LogP contribution is 2.37. The minimum Gasteiger partial charge on any atom is -0.301 e. The van der Waals surface area contributed by atoms with Crippen LogP contribution in [0, 0.1) is 5.92 Å². The lowest BCUT2D eigenvalue weighted by atomic mass is 9.86. The number of carbonyl (C=O) groups is 1. The first-order valence-corrected chi connectivity index (χ1v) is 10.9. The molecular weight excluding hydrogens is 350 g/mol. The second-order valence-corrected chi connectivity index (χ2v) is 8.99. The van der Waals surface area contributed by atoms with Gasteiger partial charge in [0.05, 0.1) is 17.9 Å². The summed E-state index contributed by atoms with van der Waals surface area (Å²) in [6, 6.07) is 4.18. The van der Waals surface area contributed by atoms with Gasteiger partial charge < -0.3 is 4.90 Å². The van der Waals surface area contributed by atoms with Crippen LogP contribution in [-0.2, 0) is 0 Å². The summed E-state index contributed by atoms with van der Waals surface area (Å²) in [5.41, 5.74) is 0.472. The molecule has 4 rings (SSSR count). The number of anilines is 1. The van der Waals surface area contributed by atoms with Gasteiger partial charge in [-0.1, -0.05) is 26.7 Å². The summed E-state index contributed by atoms with van der Waals surface area (Å²) < 4.78 is 0. The highest BCUT2D eigenvalue weighted by molar-refractivity contribution is 6.19. The largest absolute Gasteiger partial charge is 0.328 e. The third kappa shape index (κ3) is 3.79. The molecule has 6 nitrogen and oxygen atoms in total. The zero-order valence-electron chi connectivity index (χ0n) is 17.2. The number of hydrogen-bond acceptors (Lipinski definition) is 4. The lowest BCUT2D eigenvalue weighted by molar-refractivity contribution is 0.175. The highest BCUT2D eigenvalue weighted by atomic mass is 16.2. The van der Waals surface area contributed by atoms with Crippen LogP contribution in [0.2, 0.25) is 0 Å². The van der Waals surface area contributed by atoms with Gasteiger partial charge in [0.1, 0.15) is 11.4 Å². The van der Waals surface area contributed by atoms with Crippen LogP contribution in [0.5, 0.6) is 0 Å². The maximum atomic E-state index is 13.1. The van der Waals surface area contributed by atoms with Gasteiger partial charge in [0.15, 0.2) is 0 Å². The second kappa shape index (κ2) is 8.19. The normalized spacial score (nSPS) is 28.0. The molecular formula is C22H33N5O. The van der Waals surface area contributed by atoms with Crippen molar-refractivity contribution >= 4 is 17.6 Å². The number of carbonyl (C=O) groups excluding carboxylic acids is 1. The Morgan fingerprint density at radius 2 is 2.14 bits per heavy atom. The summed E-state index contributed by atoms with van der Waals surface area (Å²) in [7, 11) is 0. The smallest absolute Gasteiger partial charge is 0.301 e. The Morgan fingerprint density at radius 1 is 1.32 bits per heavy atom. The Labute approximate surface area is 168 Å². The Balaban J connectivity index is 1.68. The quantitative estimate of drug-likeness (QED) is 0.840.